The lowest BCUT2D eigenvalue weighted by Gasteiger charge is -2.00. The maximum Gasteiger partial charge on any atom is 0.346 e. The van der Waals surface area contributed by atoms with Gasteiger partial charge in [-0.3, -0.25) is 9.59 Å². The molecule has 10 heteroatoms. The Bertz CT molecular complexity index is 761. The molecule has 2 aliphatic heterocycles. The van der Waals surface area contributed by atoms with Crippen LogP contribution in [0.5, 0.6) is 0 Å². The molecule has 0 aliphatic carbocycles. The number of rotatable bonds is 5. The molecule has 0 spiro atoms. The number of thioether (sulfide) groups is 4. The Hall–Kier alpha value is -1.36. The summed E-state index contributed by atoms with van der Waals surface area (Å²) in [6.07, 6.45) is 3.48. The molecule has 26 heavy (non-hydrogen) atoms. The van der Waals surface area contributed by atoms with Crippen molar-refractivity contribution in [2.24, 2.45) is 0 Å². The Morgan fingerprint density at radius 1 is 0.654 bits per heavy atom. The van der Waals surface area contributed by atoms with E-state index in [1.54, 1.807) is 12.2 Å². The summed E-state index contributed by atoms with van der Waals surface area (Å²) < 4.78 is 10.8. The summed E-state index contributed by atoms with van der Waals surface area (Å²) in [4.78, 5) is 48.2. The molecule has 0 fully saturated rings. The molecule has 0 radical (unpaired) electrons. The average Bonchev–Trinajstić information content (AvgIpc) is 3.23. The monoisotopic (exact) mass is 430 g/mol. The molecule has 2 heterocycles. The van der Waals surface area contributed by atoms with Crippen LogP contribution in [0.15, 0.2) is 40.2 Å². The van der Waals surface area contributed by atoms with Gasteiger partial charge in [-0.2, -0.15) is 0 Å². The molecule has 0 saturated carbocycles. The highest BCUT2D eigenvalue weighted by atomic mass is 32.2. The molecule has 2 rings (SSSR count). The molecular weight excluding hydrogens is 416 g/mol. The van der Waals surface area contributed by atoms with Crippen LogP contribution in [0.25, 0.3) is 0 Å². The third-order valence-electron chi connectivity index (χ3n) is 2.96. The van der Waals surface area contributed by atoms with Crippen LogP contribution >= 0.6 is 47.0 Å². The minimum Gasteiger partial charge on any atom is -0.465 e. The average molecular weight is 431 g/mol. The van der Waals surface area contributed by atoms with Gasteiger partial charge in [-0.25, -0.2) is 9.59 Å². The van der Waals surface area contributed by atoms with Gasteiger partial charge in [0.1, 0.15) is 9.81 Å². The zero-order chi connectivity index (χ0) is 19.4. The number of allylic oxidation sites excluding steroid dienone is 4. The predicted molar refractivity (Wildman–Crippen MR) is 106 cm³/mol. The smallest absolute Gasteiger partial charge is 0.346 e. The number of esters is 2. The minimum absolute atomic E-state index is 0.156. The Morgan fingerprint density at radius 2 is 0.962 bits per heavy atom. The summed E-state index contributed by atoms with van der Waals surface area (Å²) in [5, 5.41) is 0. The van der Waals surface area contributed by atoms with Crippen LogP contribution in [-0.4, -0.2) is 37.7 Å². The third kappa shape index (κ3) is 4.67. The van der Waals surface area contributed by atoms with Crippen LogP contribution in [0, 0.1) is 0 Å². The van der Waals surface area contributed by atoms with Crippen molar-refractivity contribution in [1.29, 1.82) is 0 Å². The van der Waals surface area contributed by atoms with Gasteiger partial charge in [-0.15, -0.1) is 0 Å². The first-order valence-electron chi connectivity index (χ1n) is 7.08. The molecule has 0 aromatic carbocycles. The van der Waals surface area contributed by atoms with Crippen molar-refractivity contribution in [2.45, 2.75) is 13.8 Å². The number of Topliss-reactive ketones (excluding diaryl/α,β-unsaturated/α-hetero) is 2. The largest absolute Gasteiger partial charge is 0.465 e. The second-order valence-corrected chi connectivity index (χ2v) is 9.52. The fourth-order valence-corrected chi connectivity index (χ4v) is 6.45. The molecule has 0 N–H and O–H groups in total. The van der Waals surface area contributed by atoms with Gasteiger partial charge in [-0.05, 0) is 26.0 Å². The van der Waals surface area contributed by atoms with Crippen LogP contribution in [0.3, 0.4) is 0 Å². The zero-order valence-corrected chi connectivity index (χ0v) is 17.5. The van der Waals surface area contributed by atoms with E-state index >= 15 is 0 Å². The van der Waals surface area contributed by atoms with E-state index in [-0.39, 0.29) is 21.4 Å². The number of hydrogen-bond donors (Lipinski definition) is 0. The van der Waals surface area contributed by atoms with Gasteiger partial charge in [0.2, 0.25) is 0 Å². The summed E-state index contributed by atoms with van der Waals surface area (Å²) >= 11 is 4.69. The Morgan fingerprint density at radius 3 is 1.23 bits per heavy atom. The normalized spacial score (nSPS) is 16.8. The Labute approximate surface area is 167 Å². The van der Waals surface area contributed by atoms with Gasteiger partial charge >= 0.3 is 11.9 Å². The van der Waals surface area contributed by atoms with Crippen LogP contribution in [0.2, 0.25) is 0 Å². The Balaban J connectivity index is 2.20. The first kappa shape index (κ1) is 20.9. The van der Waals surface area contributed by atoms with Gasteiger partial charge < -0.3 is 9.47 Å². The molecule has 2 aliphatic rings. The van der Waals surface area contributed by atoms with E-state index in [0.29, 0.717) is 14.0 Å². The van der Waals surface area contributed by atoms with E-state index in [2.05, 4.69) is 0 Å². The quantitative estimate of drug-likeness (QED) is 0.603. The second kappa shape index (κ2) is 9.03. The van der Waals surface area contributed by atoms with Crippen LogP contribution in [-0.2, 0) is 28.7 Å². The molecule has 0 saturated heterocycles. The van der Waals surface area contributed by atoms with E-state index in [1.807, 2.05) is 0 Å². The maximum atomic E-state index is 11.8. The lowest BCUT2D eigenvalue weighted by atomic mass is 10.3. The summed E-state index contributed by atoms with van der Waals surface area (Å²) in [5.41, 5.74) is 0. The number of hydrogen-bond acceptors (Lipinski definition) is 10. The van der Waals surface area contributed by atoms with Gasteiger partial charge in [-0.1, -0.05) is 47.0 Å². The van der Waals surface area contributed by atoms with Crippen LogP contribution in [0.4, 0.5) is 0 Å². The fourth-order valence-electron chi connectivity index (χ4n) is 1.82. The van der Waals surface area contributed by atoms with Crippen molar-refractivity contribution in [1.82, 2.24) is 0 Å². The number of ketones is 2. The van der Waals surface area contributed by atoms with Crippen molar-refractivity contribution < 1.29 is 28.7 Å². The Kier molecular flexibility index (Phi) is 7.27. The van der Waals surface area contributed by atoms with E-state index in [9.17, 15) is 19.2 Å². The molecule has 0 amide bonds. The zero-order valence-electron chi connectivity index (χ0n) is 14.2. The summed E-state index contributed by atoms with van der Waals surface area (Å²) in [5.74, 6) is -1.53. The maximum absolute atomic E-state index is 11.8. The van der Waals surface area contributed by atoms with Gasteiger partial charge in [0.05, 0.1) is 32.5 Å². The van der Waals surface area contributed by atoms with Gasteiger partial charge in [0.25, 0.3) is 0 Å². The molecule has 6 nitrogen and oxygen atoms in total. The summed E-state index contributed by atoms with van der Waals surface area (Å²) in [6.45, 7) is 2.84. The highest BCUT2D eigenvalue weighted by Gasteiger charge is 2.32. The SMILES string of the molecule is COC(=O)C1=C(C(=O)OC)SC(=CC=C2SC(C(C)=O)=C(C(C)=O)S2)S1. The van der Waals surface area contributed by atoms with Gasteiger partial charge in [0, 0.05) is 0 Å². The highest BCUT2D eigenvalue weighted by molar-refractivity contribution is 8.30. The van der Waals surface area contributed by atoms with Crippen LogP contribution < -0.4 is 0 Å². The first-order chi connectivity index (χ1) is 12.3. The molecule has 0 atom stereocenters. The molecule has 0 aromatic rings. The van der Waals surface area contributed by atoms with Crippen molar-refractivity contribution >= 4 is 70.6 Å². The minimum atomic E-state index is -0.608. The molecule has 138 valence electrons. The fraction of sp³-hybridized carbons (Fsp3) is 0.250. The van der Waals surface area contributed by atoms with E-state index in [4.69, 9.17) is 9.47 Å². The van der Waals surface area contributed by atoms with Crippen LogP contribution in [0.1, 0.15) is 13.8 Å². The lowest BCUT2D eigenvalue weighted by Crippen LogP contribution is -2.08. The molecular formula is C16H14O6S4. The topological polar surface area (TPSA) is 86.7 Å². The van der Waals surface area contributed by atoms with Crippen molar-refractivity contribution in [3.8, 4) is 0 Å². The van der Waals surface area contributed by atoms with E-state index in [0.717, 1.165) is 27.8 Å². The first-order valence-corrected chi connectivity index (χ1v) is 10.4. The highest BCUT2D eigenvalue weighted by Crippen LogP contribution is 2.52. The van der Waals surface area contributed by atoms with E-state index in [1.165, 1.54) is 51.6 Å². The summed E-state index contributed by atoms with van der Waals surface area (Å²) in [6, 6.07) is 0. The summed E-state index contributed by atoms with van der Waals surface area (Å²) in [7, 11) is 2.48. The van der Waals surface area contributed by atoms with Crippen molar-refractivity contribution in [2.75, 3.05) is 14.2 Å². The lowest BCUT2D eigenvalue weighted by molar-refractivity contribution is -0.138. The third-order valence-corrected chi connectivity index (χ3v) is 8.11. The predicted octanol–water partition coefficient (Wildman–Crippen LogP) is 3.58. The molecule has 0 bridgehead atoms. The molecule has 0 aromatic heterocycles. The molecule has 0 unspecified atom stereocenters. The standard InChI is InChI=1S/C16H14O6S4/c1-7(17)11-12(8(2)18)24-9(23-11)5-6-10-25-13(15(19)21-3)14(26-10)16(20)22-4/h5-6H,1-4H3. The van der Waals surface area contributed by atoms with Crippen molar-refractivity contribution in [3.05, 3.63) is 40.2 Å². The number of carbonyl (C=O) groups is 4. The van der Waals surface area contributed by atoms with E-state index < -0.39 is 11.9 Å². The second-order valence-electron chi connectivity index (χ2n) is 4.79. The number of carbonyl (C=O) groups excluding carboxylic acids is 4. The van der Waals surface area contributed by atoms with Gasteiger partial charge in [0.15, 0.2) is 11.6 Å². The number of methoxy groups -OCH3 is 2. The van der Waals surface area contributed by atoms with Crippen molar-refractivity contribution in [3.63, 3.8) is 0 Å². The number of ether oxygens (including phenoxy) is 2.